The first-order chi connectivity index (χ1) is 8.40. The predicted molar refractivity (Wildman–Crippen MR) is 74.7 cm³/mol. The molecule has 1 atom stereocenters. The van der Waals surface area contributed by atoms with E-state index in [1.165, 1.54) is 5.56 Å². The topological polar surface area (TPSA) is 43.4 Å². The minimum atomic E-state index is -3.45. The lowest BCUT2D eigenvalue weighted by Gasteiger charge is -2.11. The Hall–Kier alpha value is -0.740. The van der Waals surface area contributed by atoms with Gasteiger partial charge >= 0.3 is 0 Å². The lowest BCUT2D eigenvalue weighted by Crippen LogP contribution is -2.16. The number of aryl methyl sites for hydroxylation is 1. The van der Waals surface area contributed by atoms with E-state index in [1.807, 2.05) is 24.3 Å². The molecule has 1 unspecified atom stereocenters. The largest absolute Gasteiger partial charge is 0.493 e. The molecule has 1 aromatic rings. The fraction of sp³-hybridized carbons (Fsp3) is 0.538. The van der Waals surface area contributed by atoms with E-state index in [-0.39, 0.29) is 11.7 Å². The van der Waals surface area contributed by atoms with Gasteiger partial charge in [-0.2, -0.15) is 0 Å². The van der Waals surface area contributed by atoms with Crippen molar-refractivity contribution in [1.29, 1.82) is 0 Å². The van der Waals surface area contributed by atoms with Crippen LogP contribution in [-0.2, 0) is 15.5 Å². The van der Waals surface area contributed by atoms with E-state index in [2.05, 4.69) is 6.92 Å². The maximum atomic E-state index is 10.9. The van der Waals surface area contributed by atoms with Crippen LogP contribution in [-0.4, -0.2) is 20.8 Å². The third-order valence-electron chi connectivity index (χ3n) is 2.48. The van der Waals surface area contributed by atoms with Crippen LogP contribution in [0.25, 0.3) is 0 Å². The summed E-state index contributed by atoms with van der Waals surface area (Å²) in [7, 11) is 1.73. The van der Waals surface area contributed by atoms with Crippen LogP contribution in [0.5, 0.6) is 5.75 Å². The number of rotatable bonds is 7. The van der Waals surface area contributed by atoms with Gasteiger partial charge in [-0.15, -0.1) is 0 Å². The first-order valence-corrected chi connectivity index (χ1v) is 8.52. The quantitative estimate of drug-likeness (QED) is 0.724. The zero-order chi connectivity index (χ0) is 13.6. The van der Waals surface area contributed by atoms with Gasteiger partial charge in [0.1, 0.15) is 5.75 Å². The molecular formula is C13H19ClO3S. The summed E-state index contributed by atoms with van der Waals surface area (Å²) in [6, 6.07) is 7.88. The summed E-state index contributed by atoms with van der Waals surface area (Å²) < 4.78 is 27.3. The van der Waals surface area contributed by atoms with Crippen molar-refractivity contribution < 1.29 is 13.2 Å². The second-order valence-electron chi connectivity index (χ2n) is 4.52. The molecule has 0 amide bonds. The molecule has 0 aliphatic heterocycles. The second kappa shape index (κ2) is 7.00. The summed E-state index contributed by atoms with van der Waals surface area (Å²) in [4.78, 5) is 0. The lowest BCUT2D eigenvalue weighted by atomic mass is 10.1. The minimum Gasteiger partial charge on any atom is -0.493 e. The average molecular weight is 291 g/mol. The Bertz CT molecular complexity index is 454. The van der Waals surface area contributed by atoms with E-state index in [9.17, 15) is 8.42 Å². The lowest BCUT2D eigenvalue weighted by molar-refractivity contribution is 0.272. The van der Waals surface area contributed by atoms with Crippen LogP contribution in [0.4, 0.5) is 0 Å². The summed E-state index contributed by atoms with van der Waals surface area (Å²) in [6.45, 7) is 4.28. The van der Waals surface area contributed by atoms with Gasteiger partial charge in [0.05, 0.1) is 12.4 Å². The third kappa shape index (κ3) is 6.26. The maximum Gasteiger partial charge on any atom is 0.232 e. The summed E-state index contributed by atoms with van der Waals surface area (Å²) in [5, 5.41) is 0. The van der Waals surface area contributed by atoms with Crippen LogP contribution >= 0.6 is 10.7 Å². The fourth-order valence-electron chi connectivity index (χ4n) is 1.67. The molecule has 0 saturated heterocycles. The van der Waals surface area contributed by atoms with Crippen molar-refractivity contribution in [1.82, 2.24) is 0 Å². The molecule has 0 fully saturated rings. The highest BCUT2D eigenvalue weighted by Gasteiger charge is 2.13. The van der Waals surface area contributed by atoms with Gasteiger partial charge in [0, 0.05) is 16.6 Å². The Morgan fingerprint density at radius 3 is 2.39 bits per heavy atom. The molecule has 1 aromatic carbocycles. The van der Waals surface area contributed by atoms with Gasteiger partial charge in [-0.1, -0.05) is 32.4 Å². The van der Waals surface area contributed by atoms with Gasteiger partial charge in [-0.05, 0) is 24.1 Å². The van der Waals surface area contributed by atoms with E-state index in [0.717, 1.165) is 18.6 Å². The molecule has 3 nitrogen and oxygen atoms in total. The molecule has 0 aliphatic carbocycles. The molecule has 0 saturated carbocycles. The highest BCUT2D eigenvalue weighted by atomic mass is 35.7. The molecule has 1 rings (SSSR count). The molecule has 0 bridgehead atoms. The van der Waals surface area contributed by atoms with Crippen molar-refractivity contribution in [2.24, 2.45) is 5.92 Å². The van der Waals surface area contributed by atoms with Crippen molar-refractivity contribution in [3.8, 4) is 5.75 Å². The Morgan fingerprint density at radius 1 is 1.28 bits per heavy atom. The summed E-state index contributed by atoms with van der Waals surface area (Å²) >= 11 is 0. The molecule has 0 radical (unpaired) electrons. The summed E-state index contributed by atoms with van der Waals surface area (Å²) in [5.74, 6) is 0.569. The maximum absolute atomic E-state index is 10.9. The van der Waals surface area contributed by atoms with Gasteiger partial charge in [0.25, 0.3) is 0 Å². The van der Waals surface area contributed by atoms with Gasteiger partial charge in [-0.25, -0.2) is 8.42 Å². The Kier molecular flexibility index (Phi) is 5.96. The van der Waals surface area contributed by atoms with Crippen molar-refractivity contribution >= 4 is 19.7 Å². The zero-order valence-electron chi connectivity index (χ0n) is 10.7. The highest BCUT2D eigenvalue weighted by molar-refractivity contribution is 8.13. The first-order valence-electron chi connectivity index (χ1n) is 6.04. The van der Waals surface area contributed by atoms with Gasteiger partial charge in [0.15, 0.2) is 0 Å². The van der Waals surface area contributed by atoms with Crippen molar-refractivity contribution in [2.45, 2.75) is 26.7 Å². The number of hydrogen-bond donors (Lipinski definition) is 0. The average Bonchev–Trinajstić information content (AvgIpc) is 2.26. The number of benzene rings is 1. The van der Waals surface area contributed by atoms with Gasteiger partial charge in [-0.3, -0.25) is 0 Å². The molecule has 18 heavy (non-hydrogen) atoms. The van der Waals surface area contributed by atoms with E-state index >= 15 is 0 Å². The number of hydrogen-bond acceptors (Lipinski definition) is 3. The summed E-state index contributed by atoms with van der Waals surface area (Å²) in [6.07, 6.45) is 2.17. The Labute approximate surface area is 114 Å². The van der Waals surface area contributed by atoms with Crippen LogP contribution in [0.1, 0.15) is 25.8 Å². The fourth-order valence-corrected chi connectivity index (χ4v) is 3.09. The Balaban J connectivity index is 2.43. The molecule has 0 spiro atoms. The zero-order valence-corrected chi connectivity index (χ0v) is 12.3. The smallest absolute Gasteiger partial charge is 0.232 e. The van der Waals surface area contributed by atoms with Crippen molar-refractivity contribution in [3.05, 3.63) is 29.8 Å². The summed E-state index contributed by atoms with van der Waals surface area (Å²) in [5.41, 5.74) is 1.28. The Morgan fingerprint density at radius 2 is 1.89 bits per heavy atom. The standard InChI is InChI=1S/C13H19ClO3S/c1-3-4-12-5-7-13(8-6-12)17-9-11(2)10-18(14,15)16/h5-8,11H,3-4,9-10H2,1-2H3. The number of halogens is 1. The molecule has 0 N–H and O–H groups in total. The van der Waals surface area contributed by atoms with Gasteiger partial charge in [0.2, 0.25) is 9.05 Å². The van der Waals surface area contributed by atoms with Crippen LogP contribution in [0.3, 0.4) is 0 Å². The highest BCUT2D eigenvalue weighted by Crippen LogP contribution is 2.15. The van der Waals surface area contributed by atoms with Crippen molar-refractivity contribution in [3.63, 3.8) is 0 Å². The molecule has 0 aliphatic rings. The van der Waals surface area contributed by atoms with E-state index in [4.69, 9.17) is 15.4 Å². The monoisotopic (exact) mass is 290 g/mol. The van der Waals surface area contributed by atoms with Crippen molar-refractivity contribution in [2.75, 3.05) is 12.4 Å². The molecule has 0 aromatic heterocycles. The van der Waals surface area contributed by atoms with Crippen LogP contribution in [0.2, 0.25) is 0 Å². The van der Waals surface area contributed by atoms with E-state index < -0.39 is 9.05 Å². The minimum absolute atomic E-state index is 0.0670. The second-order valence-corrected chi connectivity index (χ2v) is 7.34. The first kappa shape index (κ1) is 15.3. The van der Waals surface area contributed by atoms with E-state index in [1.54, 1.807) is 6.92 Å². The SMILES string of the molecule is CCCc1ccc(OCC(C)CS(=O)(=O)Cl)cc1. The number of ether oxygens (including phenoxy) is 1. The van der Waals surface area contributed by atoms with Crippen LogP contribution in [0.15, 0.2) is 24.3 Å². The molecular weight excluding hydrogens is 272 g/mol. The van der Waals surface area contributed by atoms with Crippen LogP contribution < -0.4 is 4.74 Å². The third-order valence-corrected chi connectivity index (χ3v) is 3.83. The molecule has 5 heteroatoms. The molecule has 102 valence electrons. The normalized spacial score (nSPS) is 13.3. The molecule has 0 heterocycles. The van der Waals surface area contributed by atoms with Gasteiger partial charge < -0.3 is 4.74 Å². The van der Waals surface area contributed by atoms with Crippen LogP contribution in [0, 0.1) is 5.92 Å². The predicted octanol–water partition coefficient (Wildman–Crippen LogP) is 3.22. The van der Waals surface area contributed by atoms with E-state index in [0.29, 0.717) is 6.61 Å².